The van der Waals surface area contributed by atoms with Crippen LogP contribution in [0.3, 0.4) is 0 Å². The van der Waals surface area contributed by atoms with E-state index in [2.05, 4.69) is 0 Å². The maximum atomic E-state index is 11.9. The summed E-state index contributed by atoms with van der Waals surface area (Å²) < 4.78 is 5.25. The van der Waals surface area contributed by atoms with Gasteiger partial charge in [-0.05, 0) is 27.2 Å². The maximum Gasteiger partial charge on any atom is 0.411 e. The third-order valence-corrected chi connectivity index (χ3v) is 2.44. The molecule has 1 heterocycles. The first kappa shape index (κ1) is 14.0. The van der Waals surface area contributed by atoms with Crippen LogP contribution in [0.1, 0.15) is 27.2 Å². The molecule has 0 aliphatic carbocycles. The molecule has 0 saturated heterocycles. The standard InChI is InChI=1S/C12H21NO4/c1-12(2,3)17-11(16)13-7-4-5-9(13)10(15)6-8-14/h4-5,9-10,14-15H,6-8H2,1-3H3. The summed E-state index contributed by atoms with van der Waals surface area (Å²) in [6, 6.07) is -0.406. The monoisotopic (exact) mass is 243 g/mol. The molecule has 5 heteroatoms. The summed E-state index contributed by atoms with van der Waals surface area (Å²) in [5.74, 6) is 0. The van der Waals surface area contributed by atoms with Gasteiger partial charge in [0.1, 0.15) is 5.60 Å². The third-order valence-electron chi connectivity index (χ3n) is 2.44. The first-order chi connectivity index (χ1) is 7.85. The Morgan fingerprint density at radius 1 is 1.59 bits per heavy atom. The number of hydrogen-bond donors (Lipinski definition) is 2. The second kappa shape index (κ2) is 5.51. The summed E-state index contributed by atoms with van der Waals surface area (Å²) in [5, 5.41) is 18.6. The maximum absolute atomic E-state index is 11.9. The minimum atomic E-state index is -0.758. The van der Waals surface area contributed by atoms with Crippen molar-refractivity contribution >= 4 is 6.09 Å². The highest BCUT2D eigenvalue weighted by Gasteiger charge is 2.32. The van der Waals surface area contributed by atoms with Crippen molar-refractivity contribution in [2.75, 3.05) is 13.2 Å². The van der Waals surface area contributed by atoms with Crippen molar-refractivity contribution in [2.45, 2.75) is 44.9 Å². The first-order valence-electron chi connectivity index (χ1n) is 5.80. The van der Waals surface area contributed by atoms with Gasteiger partial charge in [-0.3, -0.25) is 4.90 Å². The topological polar surface area (TPSA) is 70.0 Å². The van der Waals surface area contributed by atoms with Gasteiger partial charge in [0.2, 0.25) is 0 Å². The van der Waals surface area contributed by atoms with Gasteiger partial charge >= 0.3 is 6.09 Å². The van der Waals surface area contributed by atoms with Gasteiger partial charge in [-0.25, -0.2) is 4.79 Å². The van der Waals surface area contributed by atoms with Gasteiger partial charge in [-0.2, -0.15) is 0 Å². The van der Waals surface area contributed by atoms with E-state index in [4.69, 9.17) is 9.84 Å². The zero-order chi connectivity index (χ0) is 13.1. The zero-order valence-electron chi connectivity index (χ0n) is 10.6. The van der Waals surface area contributed by atoms with Crippen LogP contribution in [0.4, 0.5) is 4.79 Å². The highest BCUT2D eigenvalue weighted by atomic mass is 16.6. The molecule has 0 bridgehead atoms. The minimum absolute atomic E-state index is 0.104. The molecule has 98 valence electrons. The summed E-state index contributed by atoms with van der Waals surface area (Å²) in [6.07, 6.45) is 2.63. The second-order valence-electron chi connectivity index (χ2n) is 5.13. The molecule has 2 unspecified atom stereocenters. The van der Waals surface area contributed by atoms with Crippen molar-refractivity contribution in [1.29, 1.82) is 0 Å². The van der Waals surface area contributed by atoms with Crippen LogP contribution >= 0.6 is 0 Å². The molecule has 2 atom stereocenters. The minimum Gasteiger partial charge on any atom is -0.444 e. The van der Waals surface area contributed by atoms with Crippen LogP contribution in [0.15, 0.2) is 12.2 Å². The van der Waals surface area contributed by atoms with E-state index in [-0.39, 0.29) is 13.0 Å². The molecular weight excluding hydrogens is 222 g/mol. The number of ether oxygens (including phenoxy) is 1. The number of amides is 1. The molecule has 1 amide bonds. The van der Waals surface area contributed by atoms with Crippen molar-refractivity contribution in [2.24, 2.45) is 0 Å². The van der Waals surface area contributed by atoms with Gasteiger partial charge in [0.25, 0.3) is 0 Å². The van der Waals surface area contributed by atoms with E-state index in [1.165, 1.54) is 4.90 Å². The normalized spacial score (nSPS) is 21.7. The van der Waals surface area contributed by atoms with E-state index >= 15 is 0 Å². The lowest BCUT2D eigenvalue weighted by molar-refractivity contribution is 0.00579. The molecule has 2 N–H and O–H groups in total. The number of nitrogens with zero attached hydrogens (tertiary/aromatic N) is 1. The van der Waals surface area contributed by atoms with Crippen molar-refractivity contribution in [3.63, 3.8) is 0 Å². The largest absolute Gasteiger partial charge is 0.444 e. The van der Waals surface area contributed by atoms with Crippen LogP contribution in [0.5, 0.6) is 0 Å². The van der Waals surface area contributed by atoms with Gasteiger partial charge in [0.05, 0.1) is 12.1 Å². The van der Waals surface area contributed by atoms with E-state index in [1.807, 2.05) is 6.08 Å². The number of carbonyl (C=O) groups excluding carboxylic acids is 1. The average Bonchev–Trinajstić information content (AvgIpc) is 2.63. The van der Waals surface area contributed by atoms with Crippen molar-refractivity contribution < 1.29 is 19.7 Å². The second-order valence-corrected chi connectivity index (χ2v) is 5.13. The molecule has 1 aliphatic heterocycles. The van der Waals surface area contributed by atoms with E-state index in [1.54, 1.807) is 26.8 Å². The van der Waals surface area contributed by atoms with Crippen LogP contribution in [0, 0.1) is 0 Å². The van der Waals surface area contributed by atoms with Crippen molar-refractivity contribution in [3.05, 3.63) is 12.2 Å². The Kier molecular flexibility index (Phi) is 4.54. The summed E-state index contributed by atoms with van der Waals surface area (Å²) in [7, 11) is 0. The van der Waals surface area contributed by atoms with Crippen molar-refractivity contribution in [1.82, 2.24) is 4.90 Å². The number of carbonyl (C=O) groups is 1. The summed E-state index contributed by atoms with van der Waals surface area (Å²) in [6.45, 7) is 5.73. The Morgan fingerprint density at radius 3 is 2.76 bits per heavy atom. The predicted octanol–water partition coefficient (Wildman–Crippen LogP) is 0.905. The number of aliphatic hydroxyl groups is 2. The molecule has 0 aromatic rings. The SMILES string of the molecule is CC(C)(C)OC(=O)N1CC=CC1C(O)CCO. The Balaban J connectivity index is 2.61. The molecule has 0 aromatic heterocycles. The molecule has 0 fully saturated rings. The van der Waals surface area contributed by atoms with Gasteiger partial charge in [0, 0.05) is 13.2 Å². The smallest absolute Gasteiger partial charge is 0.411 e. The average molecular weight is 243 g/mol. The fraction of sp³-hybridized carbons (Fsp3) is 0.750. The van der Waals surface area contributed by atoms with Crippen LogP contribution in [0.25, 0.3) is 0 Å². The molecule has 5 nitrogen and oxygen atoms in total. The van der Waals surface area contributed by atoms with Gasteiger partial charge in [-0.15, -0.1) is 0 Å². The lowest BCUT2D eigenvalue weighted by Crippen LogP contribution is -2.45. The molecule has 17 heavy (non-hydrogen) atoms. The van der Waals surface area contributed by atoms with Crippen molar-refractivity contribution in [3.8, 4) is 0 Å². The van der Waals surface area contributed by atoms with Gasteiger partial charge in [0.15, 0.2) is 0 Å². The fourth-order valence-electron chi connectivity index (χ4n) is 1.70. The van der Waals surface area contributed by atoms with Crippen LogP contribution in [0.2, 0.25) is 0 Å². The summed E-state index contributed by atoms with van der Waals surface area (Å²) in [4.78, 5) is 13.3. The third kappa shape index (κ3) is 4.02. The Bertz CT molecular complexity index is 295. The van der Waals surface area contributed by atoms with Gasteiger partial charge in [-0.1, -0.05) is 12.2 Å². The Labute approximate surface area is 102 Å². The Morgan fingerprint density at radius 2 is 2.24 bits per heavy atom. The zero-order valence-corrected chi connectivity index (χ0v) is 10.6. The van der Waals surface area contributed by atoms with E-state index in [9.17, 15) is 9.90 Å². The van der Waals surface area contributed by atoms with Crippen LogP contribution < -0.4 is 0 Å². The highest BCUT2D eigenvalue weighted by molar-refractivity contribution is 5.70. The first-order valence-corrected chi connectivity index (χ1v) is 5.80. The lowest BCUT2D eigenvalue weighted by Gasteiger charge is -2.30. The molecule has 1 aliphatic rings. The number of aliphatic hydroxyl groups excluding tert-OH is 2. The molecule has 0 spiro atoms. The van der Waals surface area contributed by atoms with Gasteiger partial charge < -0.3 is 14.9 Å². The molecule has 0 aromatic carbocycles. The molecule has 0 saturated carbocycles. The van der Waals surface area contributed by atoms with E-state index in [0.717, 1.165) is 0 Å². The Hall–Kier alpha value is -1.07. The van der Waals surface area contributed by atoms with E-state index in [0.29, 0.717) is 6.54 Å². The molecule has 0 radical (unpaired) electrons. The molecule has 1 rings (SSSR count). The summed E-state index contributed by atoms with van der Waals surface area (Å²) in [5.41, 5.74) is -0.549. The predicted molar refractivity (Wildman–Crippen MR) is 63.6 cm³/mol. The highest BCUT2D eigenvalue weighted by Crippen LogP contribution is 2.19. The molecular formula is C12H21NO4. The number of rotatable bonds is 3. The lowest BCUT2D eigenvalue weighted by atomic mass is 10.1. The van der Waals surface area contributed by atoms with E-state index < -0.39 is 23.8 Å². The number of hydrogen-bond acceptors (Lipinski definition) is 4. The fourth-order valence-corrected chi connectivity index (χ4v) is 1.70. The summed E-state index contributed by atoms with van der Waals surface area (Å²) >= 11 is 0. The van der Waals surface area contributed by atoms with Crippen LogP contribution in [-0.4, -0.2) is 52.1 Å². The van der Waals surface area contributed by atoms with Crippen LogP contribution in [-0.2, 0) is 4.74 Å². The quantitative estimate of drug-likeness (QED) is 0.723.